The number of hydrogen-bond acceptors (Lipinski definition) is 5. The molecular weight excluding hydrogens is 401 g/mol. The van der Waals surface area contributed by atoms with E-state index in [0.717, 1.165) is 45.5 Å². The number of pyridine rings is 1. The van der Waals surface area contributed by atoms with E-state index in [-0.39, 0.29) is 5.60 Å². The summed E-state index contributed by atoms with van der Waals surface area (Å²) in [7, 11) is 1.97. The van der Waals surface area contributed by atoms with Crippen molar-refractivity contribution >= 4 is 5.97 Å². The number of carbonyl (C=O) groups is 1. The number of carboxylic acid groups (broad SMARTS) is 1. The fraction of sp³-hybridized carbons (Fsp3) is 0.550. The van der Waals surface area contributed by atoms with Crippen LogP contribution in [0.15, 0.2) is 36.9 Å². The molecule has 0 amide bonds. The number of halogens is 3. The molecule has 4 rings (SSSR count). The molecule has 2 aliphatic heterocycles. The molecule has 2 saturated heterocycles. The van der Waals surface area contributed by atoms with Crippen molar-refractivity contribution in [2.45, 2.75) is 43.5 Å². The van der Waals surface area contributed by atoms with E-state index in [9.17, 15) is 13.2 Å². The van der Waals surface area contributed by atoms with Crippen LogP contribution in [0.2, 0.25) is 0 Å². The standard InChI is InChI=1S/C18H24N4O.C2HF3O2/c1-21-12-15(10-20-21)13-22-7-4-18(5-8-22)9-17(14-23-18)16-3-2-6-19-11-16;3-2(4,5)1(6)7/h2-3,6,10-12,17H,4-5,7-9,13-14H2,1H3;(H,6,7). The number of ether oxygens (including phenoxy) is 1. The quantitative estimate of drug-likeness (QED) is 0.813. The number of piperidine rings is 1. The zero-order valence-corrected chi connectivity index (χ0v) is 16.7. The van der Waals surface area contributed by atoms with Gasteiger partial charge in [-0.25, -0.2) is 4.79 Å². The Morgan fingerprint density at radius 1 is 1.33 bits per heavy atom. The molecule has 2 aromatic heterocycles. The minimum Gasteiger partial charge on any atom is -0.475 e. The summed E-state index contributed by atoms with van der Waals surface area (Å²) in [5, 5.41) is 11.4. The van der Waals surface area contributed by atoms with Gasteiger partial charge in [-0.2, -0.15) is 18.3 Å². The average Bonchev–Trinajstić information content (AvgIpc) is 3.31. The summed E-state index contributed by atoms with van der Waals surface area (Å²) in [6, 6.07) is 4.20. The number of likely N-dealkylation sites (tertiary alicyclic amines) is 1. The molecule has 7 nitrogen and oxygen atoms in total. The van der Waals surface area contributed by atoms with Gasteiger partial charge in [-0.1, -0.05) is 6.07 Å². The Labute approximate surface area is 172 Å². The summed E-state index contributed by atoms with van der Waals surface area (Å²) in [5.41, 5.74) is 2.71. The molecule has 30 heavy (non-hydrogen) atoms. The number of carboxylic acids is 1. The molecule has 4 heterocycles. The summed E-state index contributed by atoms with van der Waals surface area (Å²) in [4.78, 5) is 15.7. The normalized spacial score (nSPS) is 21.3. The molecular formula is C20H25F3N4O3. The van der Waals surface area contributed by atoms with E-state index in [2.05, 4.69) is 27.2 Å². The second kappa shape index (κ2) is 9.13. The lowest BCUT2D eigenvalue weighted by Crippen LogP contribution is -2.43. The van der Waals surface area contributed by atoms with E-state index in [0.29, 0.717) is 5.92 Å². The summed E-state index contributed by atoms with van der Waals surface area (Å²) >= 11 is 0. The maximum Gasteiger partial charge on any atom is 0.490 e. The number of aliphatic carboxylic acids is 1. The van der Waals surface area contributed by atoms with Gasteiger partial charge >= 0.3 is 12.1 Å². The fourth-order valence-corrected chi connectivity index (χ4v) is 3.95. The van der Waals surface area contributed by atoms with Crippen LogP contribution in [-0.2, 0) is 23.1 Å². The van der Waals surface area contributed by atoms with Crippen molar-refractivity contribution in [3.05, 3.63) is 48.0 Å². The van der Waals surface area contributed by atoms with Crippen LogP contribution in [0.4, 0.5) is 13.2 Å². The maximum absolute atomic E-state index is 10.6. The highest BCUT2D eigenvalue weighted by atomic mass is 19.4. The number of rotatable bonds is 3. The molecule has 1 atom stereocenters. The highest BCUT2D eigenvalue weighted by molar-refractivity contribution is 5.73. The first-order chi connectivity index (χ1) is 14.2. The number of alkyl halides is 3. The number of aromatic nitrogens is 3. The molecule has 0 radical (unpaired) electrons. The lowest BCUT2D eigenvalue weighted by molar-refractivity contribution is -0.192. The van der Waals surface area contributed by atoms with Crippen LogP contribution in [0.1, 0.15) is 36.3 Å². The third kappa shape index (κ3) is 5.79. The molecule has 2 fully saturated rings. The molecule has 1 N–H and O–H groups in total. The van der Waals surface area contributed by atoms with Gasteiger partial charge in [-0.3, -0.25) is 14.6 Å². The minimum atomic E-state index is -5.08. The molecule has 1 unspecified atom stereocenters. The molecule has 0 saturated carbocycles. The van der Waals surface area contributed by atoms with Gasteiger partial charge in [0, 0.05) is 56.8 Å². The average molecular weight is 426 g/mol. The van der Waals surface area contributed by atoms with Crippen LogP contribution in [0.25, 0.3) is 0 Å². The maximum atomic E-state index is 10.6. The second-order valence-corrected chi connectivity index (χ2v) is 7.78. The zero-order chi connectivity index (χ0) is 21.8. The topological polar surface area (TPSA) is 80.5 Å². The van der Waals surface area contributed by atoms with E-state index >= 15 is 0 Å². The first-order valence-electron chi connectivity index (χ1n) is 9.71. The second-order valence-electron chi connectivity index (χ2n) is 7.78. The lowest BCUT2D eigenvalue weighted by Gasteiger charge is -2.38. The van der Waals surface area contributed by atoms with Gasteiger partial charge in [-0.05, 0) is 30.9 Å². The first kappa shape index (κ1) is 22.2. The molecule has 0 aromatic carbocycles. The molecule has 2 aliphatic rings. The third-order valence-corrected chi connectivity index (χ3v) is 5.54. The van der Waals surface area contributed by atoms with E-state index < -0.39 is 12.1 Å². The van der Waals surface area contributed by atoms with Gasteiger partial charge in [0.25, 0.3) is 0 Å². The van der Waals surface area contributed by atoms with Crippen LogP contribution in [0.3, 0.4) is 0 Å². The van der Waals surface area contributed by atoms with Gasteiger partial charge in [0.2, 0.25) is 0 Å². The predicted molar refractivity (Wildman–Crippen MR) is 102 cm³/mol. The number of hydrogen-bond donors (Lipinski definition) is 1. The van der Waals surface area contributed by atoms with Crippen LogP contribution >= 0.6 is 0 Å². The van der Waals surface area contributed by atoms with E-state index in [1.807, 2.05) is 36.4 Å². The van der Waals surface area contributed by atoms with Crippen molar-refractivity contribution in [3.8, 4) is 0 Å². The summed E-state index contributed by atoms with van der Waals surface area (Å²) < 4.78 is 39.9. The highest BCUT2D eigenvalue weighted by Crippen LogP contribution is 2.42. The third-order valence-electron chi connectivity index (χ3n) is 5.54. The Bertz CT molecular complexity index is 833. The first-order valence-corrected chi connectivity index (χ1v) is 9.71. The Morgan fingerprint density at radius 2 is 2.03 bits per heavy atom. The smallest absolute Gasteiger partial charge is 0.475 e. The minimum absolute atomic E-state index is 0.0892. The van der Waals surface area contributed by atoms with Gasteiger partial charge in [0.05, 0.1) is 18.4 Å². The van der Waals surface area contributed by atoms with Gasteiger partial charge < -0.3 is 9.84 Å². The summed E-state index contributed by atoms with van der Waals surface area (Å²) in [5.74, 6) is -2.25. The van der Waals surface area contributed by atoms with Crippen molar-refractivity contribution in [3.63, 3.8) is 0 Å². The Morgan fingerprint density at radius 3 is 2.57 bits per heavy atom. The molecule has 0 aliphatic carbocycles. The molecule has 1 spiro atoms. The lowest BCUT2D eigenvalue weighted by atomic mass is 9.83. The SMILES string of the molecule is Cn1cc(CN2CCC3(CC2)CC(c2cccnc2)CO3)cn1.O=C(O)C(F)(F)F. The van der Waals surface area contributed by atoms with E-state index in [1.165, 1.54) is 11.1 Å². The van der Waals surface area contributed by atoms with E-state index in [4.69, 9.17) is 14.6 Å². The highest BCUT2D eigenvalue weighted by Gasteiger charge is 2.43. The summed E-state index contributed by atoms with van der Waals surface area (Å²) in [6.07, 6.45) is 6.22. The Balaban J connectivity index is 0.000000318. The van der Waals surface area contributed by atoms with Crippen LogP contribution in [-0.4, -0.2) is 62.2 Å². The van der Waals surface area contributed by atoms with Crippen molar-refractivity contribution < 1.29 is 27.8 Å². The molecule has 2 aromatic rings. The number of nitrogens with zero attached hydrogens (tertiary/aromatic N) is 4. The van der Waals surface area contributed by atoms with Crippen molar-refractivity contribution in [2.75, 3.05) is 19.7 Å². The number of aryl methyl sites for hydroxylation is 1. The van der Waals surface area contributed by atoms with Gasteiger partial charge in [-0.15, -0.1) is 0 Å². The van der Waals surface area contributed by atoms with Crippen LogP contribution < -0.4 is 0 Å². The van der Waals surface area contributed by atoms with Gasteiger partial charge in [0.1, 0.15) is 0 Å². The monoisotopic (exact) mass is 426 g/mol. The van der Waals surface area contributed by atoms with Crippen molar-refractivity contribution in [2.24, 2.45) is 7.05 Å². The largest absolute Gasteiger partial charge is 0.490 e. The summed E-state index contributed by atoms with van der Waals surface area (Å²) in [6.45, 7) is 4.05. The fourth-order valence-electron chi connectivity index (χ4n) is 3.95. The van der Waals surface area contributed by atoms with Gasteiger partial charge in [0.15, 0.2) is 0 Å². The molecule has 10 heteroatoms. The zero-order valence-electron chi connectivity index (χ0n) is 16.7. The molecule has 0 bridgehead atoms. The molecule has 164 valence electrons. The van der Waals surface area contributed by atoms with Crippen molar-refractivity contribution in [1.82, 2.24) is 19.7 Å². The van der Waals surface area contributed by atoms with E-state index in [1.54, 1.807) is 0 Å². The Hall–Kier alpha value is -2.46. The predicted octanol–water partition coefficient (Wildman–Crippen LogP) is 2.99. The van der Waals surface area contributed by atoms with Crippen LogP contribution in [0, 0.1) is 0 Å². The Kier molecular flexibility index (Phi) is 6.77. The van der Waals surface area contributed by atoms with Crippen LogP contribution in [0.5, 0.6) is 0 Å². The van der Waals surface area contributed by atoms with Crippen molar-refractivity contribution in [1.29, 1.82) is 0 Å².